The first-order valence-electron chi connectivity index (χ1n) is 7.31. The number of carbonyl (C=O) groups is 1. The highest BCUT2D eigenvalue weighted by molar-refractivity contribution is 5.76. The molecule has 0 aromatic heterocycles. The minimum absolute atomic E-state index is 0.00199. The summed E-state index contributed by atoms with van der Waals surface area (Å²) < 4.78 is 0. The summed E-state index contributed by atoms with van der Waals surface area (Å²) in [6.45, 7) is 5.71. The van der Waals surface area contributed by atoms with Crippen LogP contribution in [0.5, 0.6) is 0 Å². The third kappa shape index (κ3) is 1.86. The average molecular weight is 251 g/mol. The van der Waals surface area contributed by atoms with Gasteiger partial charge < -0.3 is 10.6 Å². The predicted octanol–water partition coefficient (Wildman–Crippen LogP) is 0.522. The zero-order valence-corrected chi connectivity index (χ0v) is 11.5. The first kappa shape index (κ1) is 12.4. The van der Waals surface area contributed by atoms with E-state index in [1.165, 1.54) is 32.5 Å². The molecular formula is C14H25N3O. The highest BCUT2D eigenvalue weighted by Gasteiger charge is 2.51. The van der Waals surface area contributed by atoms with Gasteiger partial charge in [-0.25, -0.2) is 0 Å². The van der Waals surface area contributed by atoms with Crippen LogP contribution in [0.3, 0.4) is 0 Å². The van der Waals surface area contributed by atoms with Crippen molar-refractivity contribution in [2.45, 2.75) is 38.3 Å². The lowest BCUT2D eigenvalue weighted by Gasteiger charge is -2.49. The Morgan fingerprint density at radius 2 is 2.06 bits per heavy atom. The molecule has 4 heterocycles. The van der Waals surface area contributed by atoms with Gasteiger partial charge in [-0.15, -0.1) is 0 Å². The molecule has 18 heavy (non-hydrogen) atoms. The van der Waals surface area contributed by atoms with Crippen LogP contribution in [0.15, 0.2) is 0 Å². The molecule has 0 aromatic rings. The molecule has 4 aliphatic rings. The molecule has 1 amide bonds. The van der Waals surface area contributed by atoms with E-state index < -0.39 is 0 Å². The van der Waals surface area contributed by atoms with Crippen molar-refractivity contribution in [2.24, 2.45) is 23.5 Å². The highest BCUT2D eigenvalue weighted by atomic mass is 16.1. The molecule has 4 heteroatoms. The summed E-state index contributed by atoms with van der Waals surface area (Å²) in [6.07, 6.45) is 3.69. The summed E-state index contributed by atoms with van der Waals surface area (Å²) in [5.41, 5.74) is 5.43. The van der Waals surface area contributed by atoms with Gasteiger partial charge in [0.25, 0.3) is 0 Å². The Balaban J connectivity index is 1.76. The number of primary amides is 1. The van der Waals surface area contributed by atoms with Crippen molar-refractivity contribution >= 4 is 5.91 Å². The molecule has 4 fully saturated rings. The van der Waals surface area contributed by atoms with Crippen LogP contribution < -0.4 is 5.73 Å². The maximum atomic E-state index is 11.3. The lowest BCUT2D eigenvalue weighted by molar-refractivity contribution is -0.122. The molecule has 0 aliphatic carbocycles. The zero-order valence-electron chi connectivity index (χ0n) is 11.5. The molecule has 0 saturated carbocycles. The van der Waals surface area contributed by atoms with Gasteiger partial charge in [-0.2, -0.15) is 0 Å². The molecular weight excluding hydrogens is 226 g/mol. The molecule has 0 aromatic carbocycles. The molecule has 4 saturated heterocycles. The van der Waals surface area contributed by atoms with E-state index in [0.29, 0.717) is 12.1 Å². The standard InChI is InChI=1S/C14H25N3O/c1-9(14(15)18)7-12-13-11(8-16(12)2)10-3-5-17(13)6-4-10/h9-13H,3-8H2,1-2H3,(H2,15,18). The maximum Gasteiger partial charge on any atom is 0.220 e. The van der Waals surface area contributed by atoms with Crippen LogP contribution in [0.25, 0.3) is 0 Å². The fourth-order valence-corrected chi connectivity index (χ4v) is 4.51. The van der Waals surface area contributed by atoms with E-state index in [4.69, 9.17) is 5.73 Å². The van der Waals surface area contributed by atoms with Crippen molar-refractivity contribution in [3.63, 3.8) is 0 Å². The van der Waals surface area contributed by atoms with Crippen molar-refractivity contribution in [1.82, 2.24) is 9.80 Å². The van der Waals surface area contributed by atoms with Crippen LogP contribution in [0.4, 0.5) is 0 Å². The third-order valence-corrected chi connectivity index (χ3v) is 5.58. The fraction of sp³-hybridized carbons (Fsp3) is 0.929. The van der Waals surface area contributed by atoms with Crippen molar-refractivity contribution in [3.05, 3.63) is 0 Å². The van der Waals surface area contributed by atoms with E-state index in [2.05, 4.69) is 16.8 Å². The summed E-state index contributed by atoms with van der Waals surface area (Å²) >= 11 is 0. The van der Waals surface area contributed by atoms with Crippen molar-refractivity contribution in [1.29, 1.82) is 0 Å². The van der Waals surface area contributed by atoms with Crippen LogP contribution in [0.1, 0.15) is 26.2 Å². The molecule has 4 nitrogen and oxygen atoms in total. The van der Waals surface area contributed by atoms with E-state index >= 15 is 0 Å². The number of nitrogens with zero attached hydrogens (tertiary/aromatic N) is 2. The van der Waals surface area contributed by atoms with Crippen LogP contribution in [0.2, 0.25) is 0 Å². The Morgan fingerprint density at radius 1 is 1.39 bits per heavy atom. The van der Waals surface area contributed by atoms with Crippen LogP contribution >= 0.6 is 0 Å². The molecule has 2 N–H and O–H groups in total. The molecule has 0 spiro atoms. The van der Waals surface area contributed by atoms with Gasteiger partial charge in [-0.05, 0) is 51.2 Å². The topological polar surface area (TPSA) is 49.6 Å². The largest absolute Gasteiger partial charge is 0.369 e. The van der Waals surface area contributed by atoms with Gasteiger partial charge in [0.1, 0.15) is 0 Å². The van der Waals surface area contributed by atoms with Gasteiger partial charge in [-0.1, -0.05) is 6.92 Å². The molecule has 4 atom stereocenters. The second kappa shape index (κ2) is 4.49. The molecule has 4 unspecified atom stereocenters. The smallest absolute Gasteiger partial charge is 0.220 e. The third-order valence-electron chi connectivity index (χ3n) is 5.58. The second-order valence-electron chi connectivity index (χ2n) is 6.57. The number of piperidine rings is 3. The van der Waals surface area contributed by atoms with Crippen LogP contribution in [-0.4, -0.2) is 54.5 Å². The lowest BCUT2D eigenvalue weighted by atomic mass is 9.73. The van der Waals surface area contributed by atoms with Crippen LogP contribution in [0, 0.1) is 17.8 Å². The summed E-state index contributed by atoms with van der Waals surface area (Å²) in [7, 11) is 2.22. The average Bonchev–Trinajstić information content (AvgIpc) is 2.70. The number of hydrogen-bond donors (Lipinski definition) is 1. The number of amides is 1. The number of likely N-dealkylation sites (tertiary alicyclic amines) is 1. The maximum absolute atomic E-state index is 11.3. The van der Waals surface area contributed by atoms with Gasteiger partial charge in [0.05, 0.1) is 0 Å². The Bertz CT molecular complexity index is 338. The number of fused-ring (bicyclic) bond motifs is 2. The van der Waals surface area contributed by atoms with E-state index in [0.717, 1.165) is 18.3 Å². The van der Waals surface area contributed by atoms with Gasteiger partial charge in [0.2, 0.25) is 5.91 Å². The monoisotopic (exact) mass is 251 g/mol. The fourth-order valence-electron chi connectivity index (χ4n) is 4.51. The number of rotatable bonds is 3. The van der Waals surface area contributed by atoms with E-state index in [9.17, 15) is 4.79 Å². The minimum Gasteiger partial charge on any atom is -0.369 e. The van der Waals surface area contributed by atoms with Gasteiger partial charge in [0, 0.05) is 24.5 Å². The van der Waals surface area contributed by atoms with E-state index in [1.807, 2.05) is 6.92 Å². The predicted molar refractivity (Wildman–Crippen MR) is 71.0 cm³/mol. The quantitative estimate of drug-likeness (QED) is 0.795. The van der Waals surface area contributed by atoms with Crippen molar-refractivity contribution in [2.75, 3.05) is 26.7 Å². The first-order valence-corrected chi connectivity index (χ1v) is 7.31. The van der Waals surface area contributed by atoms with Crippen molar-refractivity contribution < 1.29 is 4.79 Å². The zero-order chi connectivity index (χ0) is 12.9. The normalized spacial score (nSPS) is 44.9. The number of hydrogen-bond acceptors (Lipinski definition) is 3. The molecule has 2 bridgehead atoms. The van der Waals surface area contributed by atoms with Crippen molar-refractivity contribution in [3.8, 4) is 0 Å². The van der Waals surface area contributed by atoms with Gasteiger partial charge >= 0.3 is 0 Å². The Morgan fingerprint density at radius 3 is 2.67 bits per heavy atom. The summed E-state index contributed by atoms with van der Waals surface area (Å²) in [5.74, 6) is 1.61. The molecule has 4 rings (SSSR count). The van der Waals surface area contributed by atoms with Crippen LogP contribution in [-0.2, 0) is 4.79 Å². The Labute approximate surface area is 109 Å². The van der Waals surface area contributed by atoms with E-state index in [1.54, 1.807) is 0 Å². The van der Waals surface area contributed by atoms with Gasteiger partial charge in [-0.3, -0.25) is 9.69 Å². The number of likely N-dealkylation sites (N-methyl/N-ethyl adjacent to an activating group) is 1. The summed E-state index contributed by atoms with van der Waals surface area (Å²) in [4.78, 5) is 16.5. The van der Waals surface area contributed by atoms with Gasteiger partial charge in [0.15, 0.2) is 0 Å². The number of nitrogens with two attached hydrogens (primary N) is 1. The summed E-state index contributed by atoms with van der Waals surface area (Å²) in [5, 5.41) is 0. The van der Waals surface area contributed by atoms with E-state index in [-0.39, 0.29) is 11.8 Å². The summed E-state index contributed by atoms with van der Waals surface area (Å²) in [6, 6.07) is 1.21. The molecule has 0 radical (unpaired) electrons. The Hall–Kier alpha value is -0.610. The number of carbonyl (C=O) groups excluding carboxylic acids is 1. The SMILES string of the molecule is CC(CC1C2C(CN1C)C1CCN2CC1)C(N)=O. The molecule has 102 valence electrons. The highest BCUT2D eigenvalue weighted by Crippen LogP contribution is 2.44. The lowest BCUT2D eigenvalue weighted by Crippen LogP contribution is -2.57. The second-order valence-corrected chi connectivity index (χ2v) is 6.57. The Kier molecular flexibility index (Phi) is 3.10. The molecule has 4 aliphatic heterocycles. The minimum atomic E-state index is -0.150. The first-order chi connectivity index (χ1) is 8.58.